The molecule has 0 aliphatic rings. The van der Waals surface area contributed by atoms with E-state index in [-0.39, 0.29) is 16.2 Å². The lowest BCUT2D eigenvalue weighted by molar-refractivity contribution is -0.274. The summed E-state index contributed by atoms with van der Waals surface area (Å²) in [6.07, 6.45) is -3.43. The number of benzene rings is 1. The van der Waals surface area contributed by atoms with Crippen molar-refractivity contribution in [3.63, 3.8) is 0 Å². The predicted octanol–water partition coefficient (Wildman–Crippen LogP) is 4.35. The smallest absolute Gasteiger partial charge is 0.406 e. The highest BCUT2D eigenvalue weighted by molar-refractivity contribution is 6.33. The fraction of sp³-hybridized carbons (Fsp3) is 0.0909. The van der Waals surface area contributed by atoms with E-state index in [2.05, 4.69) is 14.7 Å². The molecule has 0 saturated heterocycles. The number of rotatable bonds is 2. The van der Waals surface area contributed by atoms with Gasteiger partial charge in [0.25, 0.3) is 0 Å². The quantitative estimate of drug-likeness (QED) is 0.611. The van der Waals surface area contributed by atoms with Crippen molar-refractivity contribution in [2.45, 2.75) is 6.36 Å². The Kier molecular flexibility index (Phi) is 3.82. The molecule has 0 N–H and O–H groups in total. The van der Waals surface area contributed by atoms with Gasteiger partial charge in [0.2, 0.25) is 5.28 Å². The lowest BCUT2D eigenvalue weighted by Gasteiger charge is -2.10. The Balaban J connectivity index is 2.38. The molecule has 0 saturated carbocycles. The Morgan fingerprint density at radius 3 is 2.53 bits per heavy atom. The average molecular weight is 309 g/mol. The van der Waals surface area contributed by atoms with Gasteiger partial charge >= 0.3 is 6.36 Å². The summed E-state index contributed by atoms with van der Waals surface area (Å²) in [5, 5.41) is 0.000560. The molecule has 0 aliphatic heterocycles. The van der Waals surface area contributed by atoms with Crippen molar-refractivity contribution in [1.82, 2.24) is 9.97 Å². The molecule has 19 heavy (non-hydrogen) atoms. The minimum absolute atomic E-state index is 0.0450. The number of aromatic nitrogens is 2. The molecular formula is C11H5Cl2F3N2O. The molecule has 1 aromatic heterocycles. The maximum atomic E-state index is 12.1. The van der Waals surface area contributed by atoms with Crippen molar-refractivity contribution in [1.29, 1.82) is 0 Å². The van der Waals surface area contributed by atoms with Crippen LogP contribution in [0.15, 0.2) is 30.5 Å². The summed E-state index contributed by atoms with van der Waals surface area (Å²) in [6.45, 7) is 0. The van der Waals surface area contributed by atoms with Crippen molar-refractivity contribution in [2.24, 2.45) is 0 Å². The van der Waals surface area contributed by atoms with Crippen LogP contribution in [0.1, 0.15) is 0 Å². The number of halogens is 5. The largest absolute Gasteiger partial charge is 0.573 e. The van der Waals surface area contributed by atoms with Crippen LogP contribution in [0.2, 0.25) is 10.4 Å². The molecule has 0 fully saturated rings. The van der Waals surface area contributed by atoms with Gasteiger partial charge in [-0.15, -0.1) is 13.2 Å². The van der Waals surface area contributed by atoms with Crippen LogP contribution in [0.4, 0.5) is 13.2 Å². The van der Waals surface area contributed by atoms with Gasteiger partial charge < -0.3 is 4.74 Å². The molecule has 2 rings (SSSR count). The maximum Gasteiger partial charge on any atom is 0.573 e. The van der Waals surface area contributed by atoms with Crippen molar-refractivity contribution >= 4 is 23.2 Å². The minimum Gasteiger partial charge on any atom is -0.406 e. The van der Waals surface area contributed by atoms with Crippen LogP contribution < -0.4 is 4.74 Å². The van der Waals surface area contributed by atoms with E-state index in [0.29, 0.717) is 11.1 Å². The summed E-state index contributed by atoms with van der Waals surface area (Å²) in [4.78, 5) is 7.44. The third-order valence-electron chi connectivity index (χ3n) is 2.09. The maximum absolute atomic E-state index is 12.1. The van der Waals surface area contributed by atoms with Gasteiger partial charge in [-0.1, -0.05) is 23.7 Å². The zero-order valence-corrected chi connectivity index (χ0v) is 10.6. The number of hydrogen-bond donors (Lipinski definition) is 0. The molecule has 8 heteroatoms. The molecule has 100 valence electrons. The van der Waals surface area contributed by atoms with E-state index in [1.54, 1.807) is 6.07 Å². The summed E-state index contributed by atoms with van der Waals surface area (Å²) < 4.78 is 40.2. The van der Waals surface area contributed by atoms with Crippen LogP contribution in [-0.2, 0) is 0 Å². The van der Waals surface area contributed by atoms with Crippen molar-refractivity contribution in [3.05, 3.63) is 40.9 Å². The highest BCUT2D eigenvalue weighted by atomic mass is 35.5. The standard InChI is InChI=1S/C11H5Cl2F3N2O/c12-9-8(5-17-10(13)18-9)6-2-1-3-7(4-6)19-11(14,15)16/h1-5H. The van der Waals surface area contributed by atoms with Gasteiger partial charge in [0, 0.05) is 11.8 Å². The van der Waals surface area contributed by atoms with Crippen LogP contribution >= 0.6 is 23.2 Å². The van der Waals surface area contributed by atoms with Gasteiger partial charge in [-0.3, -0.25) is 0 Å². The van der Waals surface area contributed by atoms with Crippen molar-refractivity contribution in [3.8, 4) is 16.9 Å². The Morgan fingerprint density at radius 2 is 1.89 bits per heavy atom. The normalized spacial score (nSPS) is 11.4. The second-order valence-corrected chi connectivity index (χ2v) is 4.12. The van der Waals surface area contributed by atoms with Crippen LogP contribution in [0.25, 0.3) is 11.1 Å². The first-order chi connectivity index (χ1) is 8.85. The lowest BCUT2D eigenvalue weighted by atomic mass is 10.1. The van der Waals surface area contributed by atoms with Crippen molar-refractivity contribution in [2.75, 3.05) is 0 Å². The first-order valence-electron chi connectivity index (χ1n) is 4.89. The van der Waals surface area contributed by atoms with E-state index in [1.807, 2.05) is 0 Å². The zero-order chi connectivity index (χ0) is 14.0. The topological polar surface area (TPSA) is 35.0 Å². The van der Waals surface area contributed by atoms with Crippen LogP contribution in [-0.4, -0.2) is 16.3 Å². The number of alkyl halides is 3. The van der Waals surface area contributed by atoms with Crippen LogP contribution in [0, 0.1) is 0 Å². The average Bonchev–Trinajstić information content (AvgIpc) is 2.26. The third-order valence-corrected chi connectivity index (χ3v) is 2.56. The van der Waals surface area contributed by atoms with Crippen molar-refractivity contribution < 1.29 is 17.9 Å². The van der Waals surface area contributed by atoms with Gasteiger partial charge in [0.15, 0.2) is 0 Å². The second kappa shape index (κ2) is 5.22. The molecule has 3 nitrogen and oxygen atoms in total. The molecule has 0 unspecified atom stereocenters. The van der Waals surface area contributed by atoms with E-state index in [4.69, 9.17) is 23.2 Å². The Morgan fingerprint density at radius 1 is 1.16 bits per heavy atom. The minimum atomic E-state index is -4.75. The highest BCUT2D eigenvalue weighted by Gasteiger charge is 2.31. The Bertz CT molecular complexity index is 605. The lowest BCUT2D eigenvalue weighted by Crippen LogP contribution is -2.17. The summed E-state index contributed by atoms with van der Waals surface area (Å²) in [6, 6.07) is 5.33. The van der Waals surface area contributed by atoms with Gasteiger partial charge in [-0.2, -0.15) is 0 Å². The fourth-order valence-electron chi connectivity index (χ4n) is 1.40. The van der Waals surface area contributed by atoms with E-state index >= 15 is 0 Å². The molecule has 1 heterocycles. The first kappa shape index (κ1) is 13.9. The van der Waals surface area contributed by atoms with E-state index in [0.717, 1.165) is 0 Å². The van der Waals surface area contributed by atoms with Gasteiger partial charge in [0.05, 0.1) is 0 Å². The molecule has 0 bridgehead atoms. The molecule has 0 amide bonds. The Hall–Kier alpha value is -1.53. The molecule has 0 aliphatic carbocycles. The molecule has 0 spiro atoms. The number of ether oxygens (including phenoxy) is 1. The number of nitrogens with zero attached hydrogens (tertiary/aromatic N) is 2. The monoisotopic (exact) mass is 308 g/mol. The molecular weight excluding hydrogens is 304 g/mol. The molecule has 1 aromatic carbocycles. The van der Waals surface area contributed by atoms with Gasteiger partial charge in [-0.25, -0.2) is 9.97 Å². The first-order valence-corrected chi connectivity index (χ1v) is 5.65. The van der Waals surface area contributed by atoms with E-state index in [1.165, 1.54) is 24.4 Å². The van der Waals surface area contributed by atoms with Crippen LogP contribution in [0.5, 0.6) is 5.75 Å². The molecule has 2 aromatic rings. The SMILES string of the molecule is FC(F)(F)Oc1cccc(-c2cnc(Cl)nc2Cl)c1. The number of hydrogen-bond acceptors (Lipinski definition) is 3. The van der Waals surface area contributed by atoms with Crippen LogP contribution in [0.3, 0.4) is 0 Å². The predicted molar refractivity (Wildman–Crippen MR) is 64.2 cm³/mol. The second-order valence-electron chi connectivity index (χ2n) is 3.42. The third kappa shape index (κ3) is 3.71. The zero-order valence-electron chi connectivity index (χ0n) is 9.08. The van der Waals surface area contributed by atoms with Gasteiger partial charge in [0.1, 0.15) is 10.9 Å². The summed E-state index contributed by atoms with van der Waals surface area (Å²) >= 11 is 11.4. The summed E-state index contributed by atoms with van der Waals surface area (Å²) in [5.41, 5.74) is 0.752. The Labute approximate surface area is 116 Å². The summed E-state index contributed by atoms with van der Waals surface area (Å²) in [5.74, 6) is -0.351. The molecule has 0 atom stereocenters. The van der Waals surface area contributed by atoms with E-state index in [9.17, 15) is 13.2 Å². The summed E-state index contributed by atoms with van der Waals surface area (Å²) in [7, 11) is 0. The fourth-order valence-corrected chi connectivity index (χ4v) is 1.81. The van der Waals surface area contributed by atoms with Gasteiger partial charge in [-0.05, 0) is 29.3 Å². The molecule has 0 radical (unpaired) electrons. The highest BCUT2D eigenvalue weighted by Crippen LogP contribution is 2.31. The van der Waals surface area contributed by atoms with E-state index < -0.39 is 6.36 Å².